The van der Waals surface area contributed by atoms with Gasteiger partial charge in [0, 0.05) is 13.6 Å². The van der Waals surface area contributed by atoms with E-state index in [0.29, 0.717) is 29.9 Å². The molecule has 0 aromatic carbocycles. The topological polar surface area (TPSA) is 80.5 Å². The van der Waals surface area contributed by atoms with E-state index in [0.717, 1.165) is 13.0 Å². The number of hydrogen-bond acceptors (Lipinski definition) is 5. The van der Waals surface area contributed by atoms with Crippen molar-refractivity contribution in [2.45, 2.75) is 27.2 Å². The van der Waals surface area contributed by atoms with E-state index in [4.69, 9.17) is 10.5 Å². The minimum atomic E-state index is -0.0493. The average Bonchev–Trinajstić information content (AvgIpc) is 2.45. The molecule has 6 heteroatoms. The molecule has 0 atom stereocenters. The molecule has 0 aliphatic rings. The molecule has 0 saturated carbocycles. The Balaban J connectivity index is 2.92. The van der Waals surface area contributed by atoms with Crippen LogP contribution in [0.5, 0.6) is 5.88 Å². The van der Waals surface area contributed by atoms with Gasteiger partial charge < -0.3 is 20.7 Å². The van der Waals surface area contributed by atoms with Crippen LogP contribution in [0.4, 0.5) is 11.5 Å². The van der Waals surface area contributed by atoms with Gasteiger partial charge in [-0.2, -0.15) is 4.98 Å². The summed E-state index contributed by atoms with van der Waals surface area (Å²) in [6, 6.07) is 3.58. The maximum absolute atomic E-state index is 11.6. The largest absolute Gasteiger partial charge is 0.476 e. The van der Waals surface area contributed by atoms with Gasteiger partial charge in [-0.3, -0.25) is 4.79 Å². The van der Waals surface area contributed by atoms with Crippen molar-refractivity contribution in [3.63, 3.8) is 0 Å². The number of rotatable bonds is 8. The first-order valence-corrected chi connectivity index (χ1v) is 7.32. The molecule has 0 radical (unpaired) electrons. The lowest BCUT2D eigenvalue weighted by atomic mass is 10.2. The average molecular weight is 294 g/mol. The number of nitrogens with two attached hydrogens (primary N) is 1. The number of nitrogens with one attached hydrogen (secondary N) is 1. The fraction of sp³-hybridized carbons (Fsp3) is 0.600. The van der Waals surface area contributed by atoms with Gasteiger partial charge in [0.2, 0.25) is 11.8 Å². The third kappa shape index (κ3) is 5.49. The van der Waals surface area contributed by atoms with Crippen LogP contribution in [0.3, 0.4) is 0 Å². The van der Waals surface area contributed by atoms with Crippen LogP contribution in [0.1, 0.15) is 27.2 Å². The fourth-order valence-electron chi connectivity index (χ4n) is 1.78. The molecular weight excluding hydrogens is 268 g/mol. The molecule has 0 unspecified atom stereocenters. The molecule has 1 aromatic rings. The lowest BCUT2D eigenvalue weighted by Crippen LogP contribution is -2.36. The number of pyridine rings is 1. The van der Waals surface area contributed by atoms with Crippen LogP contribution in [-0.4, -0.2) is 37.6 Å². The first-order chi connectivity index (χ1) is 9.97. The highest BCUT2D eigenvalue weighted by Crippen LogP contribution is 2.23. The van der Waals surface area contributed by atoms with Crippen LogP contribution in [0.25, 0.3) is 0 Å². The minimum absolute atomic E-state index is 0.0493. The van der Waals surface area contributed by atoms with Crippen LogP contribution in [0, 0.1) is 5.92 Å². The Morgan fingerprint density at radius 3 is 2.76 bits per heavy atom. The highest BCUT2D eigenvalue weighted by molar-refractivity contribution is 5.80. The Morgan fingerprint density at radius 2 is 2.19 bits per heavy atom. The Kier molecular flexibility index (Phi) is 6.78. The van der Waals surface area contributed by atoms with Gasteiger partial charge in [0.05, 0.1) is 18.8 Å². The number of carbonyl (C=O) groups excluding carboxylic acids is 1. The van der Waals surface area contributed by atoms with Gasteiger partial charge in [-0.1, -0.05) is 20.8 Å². The van der Waals surface area contributed by atoms with Crippen LogP contribution < -0.4 is 20.7 Å². The second kappa shape index (κ2) is 8.34. The molecule has 0 saturated heterocycles. The molecule has 1 rings (SSSR count). The van der Waals surface area contributed by atoms with Crippen molar-refractivity contribution in [2.24, 2.45) is 5.92 Å². The molecule has 1 amide bonds. The van der Waals surface area contributed by atoms with Crippen LogP contribution >= 0.6 is 0 Å². The van der Waals surface area contributed by atoms with E-state index in [1.54, 1.807) is 13.1 Å². The number of ether oxygens (including phenoxy) is 1. The van der Waals surface area contributed by atoms with Gasteiger partial charge in [-0.15, -0.1) is 0 Å². The molecule has 6 nitrogen and oxygen atoms in total. The number of aromatic nitrogens is 1. The summed E-state index contributed by atoms with van der Waals surface area (Å²) in [5.74, 6) is 1.48. The molecule has 0 fully saturated rings. The SMILES string of the molecule is CCCN(CC(=O)NC)c1ccc(N)c(OCC(C)C)n1. The van der Waals surface area contributed by atoms with E-state index in [1.165, 1.54) is 0 Å². The van der Waals surface area contributed by atoms with Crippen molar-refractivity contribution in [1.29, 1.82) is 0 Å². The monoisotopic (exact) mass is 294 g/mol. The zero-order valence-electron chi connectivity index (χ0n) is 13.3. The summed E-state index contributed by atoms with van der Waals surface area (Å²) in [4.78, 5) is 18.0. The zero-order chi connectivity index (χ0) is 15.8. The first-order valence-electron chi connectivity index (χ1n) is 7.32. The van der Waals surface area contributed by atoms with Gasteiger partial charge in [0.25, 0.3) is 0 Å². The van der Waals surface area contributed by atoms with Crippen molar-refractivity contribution in [3.05, 3.63) is 12.1 Å². The van der Waals surface area contributed by atoms with Crippen LogP contribution in [-0.2, 0) is 4.79 Å². The summed E-state index contributed by atoms with van der Waals surface area (Å²) in [7, 11) is 1.63. The summed E-state index contributed by atoms with van der Waals surface area (Å²) in [5.41, 5.74) is 6.40. The van der Waals surface area contributed by atoms with E-state index in [1.807, 2.05) is 11.0 Å². The van der Waals surface area contributed by atoms with E-state index in [2.05, 4.69) is 31.1 Å². The summed E-state index contributed by atoms with van der Waals surface area (Å²) >= 11 is 0. The molecule has 0 aliphatic carbocycles. The Hall–Kier alpha value is -1.98. The highest BCUT2D eigenvalue weighted by atomic mass is 16.5. The van der Waals surface area contributed by atoms with Gasteiger partial charge in [-0.05, 0) is 24.5 Å². The normalized spacial score (nSPS) is 10.5. The number of nitrogen functional groups attached to an aromatic ring is 1. The van der Waals surface area contributed by atoms with E-state index in [9.17, 15) is 4.79 Å². The Bertz CT molecular complexity index is 463. The van der Waals surface area contributed by atoms with Crippen molar-refractivity contribution < 1.29 is 9.53 Å². The molecule has 1 heterocycles. The number of amides is 1. The molecule has 1 aromatic heterocycles. The first kappa shape index (κ1) is 17.1. The van der Waals surface area contributed by atoms with E-state index < -0.39 is 0 Å². The van der Waals surface area contributed by atoms with Crippen molar-refractivity contribution in [2.75, 3.05) is 37.4 Å². The van der Waals surface area contributed by atoms with Gasteiger partial charge in [0.1, 0.15) is 5.82 Å². The number of carbonyl (C=O) groups is 1. The minimum Gasteiger partial charge on any atom is -0.476 e. The maximum atomic E-state index is 11.6. The van der Waals surface area contributed by atoms with Gasteiger partial charge >= 0.3 is 0 Å². The predicted octanol–water partition coefficient (Wildman–Crippen LogP) is 1.66. The standard InChI is InChI=1S/C15H26N4O2/c1-5-8-19(9-14(20)17-4)13-7-6-12(16)15(18-13)21-10-11(2)3/h6-7,11H,5,8-10,16H2,1-4H3,(H,17,20). The molecule has 3 N–H and O–H groups in total. The van der Waals surface area contributed by atoms with Crippen LogP contribution in [0.15, 0.2) is 12.1 Å². The number of hydrogen-bond donors (Lipinski definition) is 2. The summed E-state index contributed by atoms with van der Waals surface area (Å²) in [5, 5.41) is 2.63. The molecule has 21 heavy (non-hydrogen) atoms. The second-order valence-corrected chi connectivity index (χ2v) is 5.36. The third-order valence-electron chi connectivity index (χ3n) is 2.86. The summed E-state index contributed by atoms with van der Waals surface area (Å²) in [6.45, 7) is 7.76. The molecular formula is C15H26N4O2. The smallest absolute Gasteiger partial charge is 0.239 e. The maximum Gasteiger partial charge on any atom is 0.239 e. The number of nitrogens with zero attached hydrogens (tertiary/aromatic N) is 2. The van der Waals surface area contributed by atoms with E-state index in [-0.39, 0.29) is 12.5 Å². The van der Waals surface area contributed by atoms with Crippen LogP contribution in [0.2, 0.25) is 0 Å². The van der Waals surface area contributed by atoms with E-state index >= 15 is 0 Å². The quantitative estimate of drug-likeness (QED) is 0.762. The van der Waals surface area contributed by atoms with Gasteiger partial charge in [-0.25, -0.2) is 0 Å². The lowest BCUT2D eigenvalue weighted by Gasteiger charge is -2.23. The van der Waals surface area contributed by atoms with Crippen molar-refractivity contribution in [3.8, 4) is 5.88 Å². The molecule has 0 bridgehead atoms. The molecule has 0 spiro atoms. The fourth-order valence-corrected chi connectivity index (χ4v) is 1.78. The Morgan fingerprint density at radius 1 is 1.48 bits per heavy atom. The highest BCUT2D eigenvalue weighted by Gasteiger charge is 2.14. The Labute approximate surface area is 126 Å². The molecule has 0 aliphatic heterocycles. The van der Waals surface area contributed by atoms with Crippen molar-refractivity contribution in [1.82, 2.24) is 10.3 Å². The predicted molar refractivity (Wildman–Crippen MR) is 85.6 cm³/mol. The third-order valence-corrected chi connectivity index (χ3v) is 2.86. The zero-order valence-corrected chi connectivity index (χ0v) is 13.3. The van der Waals surface area contributed by atoms with Crippen molar-refractivity contribution >= 4 is 17.4 Å². The number of likely N-dealkylation sites (N-methyl/N-ethyl adjacent to an activating group) is 1. The summed E-state index contributed by atoms with van der Waals surface area (Å²) in [6.07, 6.45) is 0.922. The van der Waals surface area contributed by atoms with Gasteiger partial charge in [0.15, 0.2) is 0 Å². The second-order valence-electron chi connectivity index (χ2n) is 5.36. The summed E-state index contributed by atoms with van der Waals surface area (Å²) < 4.78 is 5.64. The number of anilines is 2. The lowest BCUT2D eigenvalue weighted by molar-refractivity contribution is -0.119. The molecule has 118 valence electrons.